The summed E-state index contributed by atoms with van der Waals surface area (Å²) in [5.74, 6) is 2.20. The number of hydrogen-bond acceptors (Lipinski definition) is 3. The van der Waals surface area contributed by atoms with Gasteiger partial charge in [-0.2, -0.15) is 0 Å². The maximum Gasteiger partial charge on any atom is 0.146 e. The third-order valence-corrected chi connectivity index (χ3v) is 4.41. The van der Waals surface area contributed by atoms with E-state index in [4.69, 9.17) is 5.73 Å². The summed E-state index contributed by atoms with van der Waals surface area (Å²) in [6.07, 6.45) is 3.85. The predicted molar refractivity (Wildman–Crippen MR) is 78.2 cm³/mol. The van der Waals surface area contributed by atoms with Crippen molar-refractivity contribution in [2.75, 3.05) is 5.73 Å². The molecule has 1 saturated carbocycles. The lowest BCUT2D eigenvalue weighted by Crippen LogP contribution is -2.03. The van der Waals surface area contributed by atoms with Crippen molar-refractivity contribution in [3.05, 3.63) is 17.1 Å². The molecule has 0 aliphatic heterocycles. The minimum atomic E-state index is 0.616. The molecule has 2 N–H and O–H groups in total. The van der Waals surface area contributed by atoms with Crippen LogP contribution < -0.4 is 5.73 Å². The molecule has 0 saturated heterocycles. The summed E-state index contributed by atoms with van der Waals surface area (Å²) in [5, 5.41) is 1.05. The van der Waals surface area contributed by atoms with E-state index in [9.17, 15) is 0 Å². The normalized spacial score (nSPS) is 22.1. The van der Waals surface area contributed by atoms with Gasteiger partial charge < -0.3 is 10.3 Å². The molecule has 1 aliphatic carbocycles. The molecular formula is C15H22N4. The quantitative estimate of drug-likeness (QED) is 0.919. The second-order valence-electron chi connectivity index (χ2n) is 5.79. The summed E-state index contributed by atoms with van der Waals surface area (Å²) in [6, 6.07) is 0.616. The number of nitrogen functional groups attached to an aromatic ring is 1. The fraction of sp³-hybridized carbons (Fsp3) is 0.600. The third kappa shape index (κ3) is 1.81. The molecule has 4 nitrogen and oxygen atoms in total. The topological polar surface area (TPSA) is 56.7 Å². The molecule has 2 heterocycles. The van der Waals surface area contributed by atoms with Crippen molar-refractivity contribution < 1.29 is 0 Å². The summed E-state index contributed by atoms with van der Waals surface area (Å²) >= 11 is 0. The van der Waals surface area contributed by atoms with E-state index in [1.165, 1.54) is 30.5 Å². The van der Waals surface area contributed by atoms with Crippen LogP contribution in [0.2, 0.25) is 0 Å². The Kier molecular flexibility index (Phi) is 2.77. The number of fused-ring (bicyclic) bond motifs is 1. The van der Waals surface area contributed by atoms with Crippen molar-refractivity contribution in [2.24, 2.45) is 5.92 Å². The lowest BCUT2D eigenvalue weighted by atomic mass is 10.2. The van der Waals surface area contributed by atoms with Crippen molar-refractivity contribution in [1.82, 2.24) is 14.5 Å². The van der Waals surface area contributed by atoms with Crippen molar-refractivity contribution in [3.8, 4) is 0 Å². The Labute approximate surface area is 114 Å². The van der Waals surface area contributed by atoms with Crippen LogP contribution in [0, 0.1) is 26.7 Å². The van der Waals surface area contributed by atoms with Crippen LogP contribution in [0.3, 0.4) is 0 Å². The average Bonchev–Trinajstić information content (AvgIpc) is 3.02. The molecule has 0 radical (unpaired) electrons. The Morgan fingerprint density at radius 1 is 1.26 bits per heavy atom. The Morgan fingerprint density at radius 3 is 2.68 bits per heavy atom. The molecule has 2 aromatic rings. The van der Waals surface area contributed by atoms with Gasteiger partial charge in [0.25, 0.3) is 0 Å². The van der Waals surface area contributed by atoms with Crippen LogP contribution in [-0.2, 0) is 0 Å². The molecule has 1 fully saturated rings. The van der Waals surface area contributed by atoms with Crippen molar-refractivity contribution in [2.45, 2.75) is 53.0 Å². The molecular weight excluding hydrogens is 236 g/mol. The molecule has 4 heteroatoms. The molecule has 3 rings (SSSR count). The zero-order valence-corrected chi connectivity index (χ0v) is 12.2. The summed E-state index contributed by atoms with van der Waals surface area (Å²) in [4.78, 5) is 8.95. The second-order valence-corrected chi connectivity index (χ2v) is 5.79. The first kappa shape index (κ1) is 12.5. The number of aryl methyl sites for hydroxylation is 2. The molecule has 1 aliphatic rings. The van der Waals surface area contributed by atoms with Crippen LogP contribution >= 0.6 is 0 Å². The lowest BCUT2D eigenvalue weighted by Gasteiger charge is -2.07. The van der Waals surface area contributed by atoms with Gasteiger partial charge in [0.05, 0.1) is 5.39 Å². The van der Waals surface area contributed by atoms with Gasteiger partial charge in [0.15, 0.2) is 0 Å². The zero-order valence-electron chi connectivity index (χ0n) is 12.2. The Morgan fingerprint density at radius 2 is 2.00 bits per heavy atom. The highest BCUT2D eigenvalue weighted by atomic mass is 15.1. The Hall–Kier alpha value is -1.58. The van der Waals surface area contributed by atoms with E-state index in [1.807, 2.05) is 6.92 Å². The van der Waals surface area contributed by atoms with E-state index in [2.05, 4.69) is 35.3 Å². The van der Waals surface area contributed by atoms with Crippen LogP contribution in [0.1, 0.15) is 49.3 Å². The van der Waals surface area contributed by atoms with E-state index in [0.717, 1.165) is 22.8 Å². The molecule has 2 aromatic heterocycles. The van der Waals surface area contributed by atoms with Gasteiger partial charge in [0.2, 0.25) is 0 Å². The Balaban J connectivity index is 2.17. The summed E-state index contributed by atoms with van der Waals surface area (Å²) in [5.41, 5.74) is 9.65. The third-order valence-electron chi connectivity index (χ3n) is 4.41. The van der Waals surface area contributed by atoms with Crippen LogP contribution in [0.4, 0.5) is 5.82 Å². The number of nitrogens with zero attached hydrogens (tertiary/aromatic N) is 3. The van der Waals surface area contributed by atoms with Gasteiger partial charge in [-0.25, -0.2) is 9.97 Å². The molecule has 0 amide bonds. The molecule has 0 bridgehead atoms. The maximum absolute atomic E-state index is 6.09. The lowest BCUT2D eigenvalue weighted by molar-refractivity contribution is 0.608. The first-order chi connectivity index (χ1) is 9.04. The monoisotopic (exact) mass is 258 g/mol. The van der Waals surface area contributed by atoms with Gasteiger partial charge in [-0.3, -0.25) is 0 Å². The van der Waals surface area contributed by atoms with Gasteiger partial charge in [0.1, 0.15) is 17.3 Å². The highest BCUT2D eigenvalue weighted by Gasteiger charge is 2.40. The van der Waals surface area contributed by atoms with E-state index >= 15 is 0 Å². The molecule has 0 spiro atoms. The van der Waals surface area contributed by atoms with Crippen LogP contribution in [0.15, 0.2) is 0 Å². The van der Waals surface area contributed by atoms with Gasteiger partial charge in [0, 0.05) is 11.7 Å². The van der Waals surface area contributed by atoms with Crippen molar-refractivity contribution in [3.63, 3.8) is 0 Å². The number of rotatable bonds is 3. The van der Waals surface area contributed by atoms with Crippen LogP contribution in [0.25, 0.3) is 11.0 Å². The van der Waals surface area contributed by atoms with E-state index in [-0.39, 0.29) is 0 Å². The van der Waals surface area contributed by atoms with Gasteiger partial charge >= 0.3 is 0 Å². The maximum atomic E-state index is 6.09. The highest BCUT2D eigenvalue weighted by molar-refractivity contribution is 5.91. The standard InChI is InChI=1S/C15H22N4/c1-5-6-11-7-12(11)19-9(3)8(2)13-14(16)17-10(4)18-15(13)19/h11-12H,5-7H2,1-4H3,(H2,16,17,18). The number of anilines is 1. The largest absolute Gasteiger partial charge is 0.383 e. The SMILES string of the molecule is CCCC1CC1n1c(C)c(C)c2c(N)nc(C)nc21. The molecule has 19 heavy (non-hydrogen) atoms. The number of aromatic nitrogens is 3. The van der Waals surface area contributed by atoms with Crippen LogP contribution in [0.5, 0.6) is 0 Å². The van der Waals surface area contributed by atoms with Gasteiger partial charge in [-0.05, 0) is 45.1 Å². The van der Waals surface area contributed by atoms with Crippen molar-refractivity contribution >= 4 is 16.9 Å². The fourth-order valence-corrected chi connectivity index (χ4v) is 3.27. The van der Waals surface area contributed by atoms with Crippen molar-refractivity contribution in [1.29, 1.82) is 0 Å². The number of nitrogens with two attached hydrogens (primary N) is 1. The van der Waals surface area contributed by atoms with E-state index < -0.39 is 0 Å². The van der Waals surface area contributed by atoms with Crippen LogP contribution in [-0.4, -0.2) is 14.5 Å². The summed E-state index contributed by atoms with van der Waals surface area (Å²) < 4.78 is 2.40. The first-order valence-corrected chi connectivity index (χ1v) is 7.15. The first-order valence-electron chi connectivity index (χ1n) is 7.15. The summed E-state index contributed by atoms with van der Waals surface area (Å²) in [6.45, 7) is 8.47. The molecule has 2 atom stereocenters. The average molecular weight is 258 g/mol. The van der Waals surface area contributed by atoms with E-state index in [1.54, 1.807) is 0 Å². The minimum Gasteiger partial charge on any atom is -0.383 e. The highest BCUT2D eigenvalue weighted by Crippen LogP contribution is 2.49. The fourth-order valence-electron chi connectivity index (χ4n) is 3.27. The van der Waals surface area contributed by atoms with Gasteiger partial charge in [-0.1, -0.05) is 13.3 Å². The van der Waals surface area contributed by atoms with E-state index in [0.29, 0.717) is 11.9 Å². The second kappa shape index (κ2) is 4.22. The zero-order chi connectivity index (χ0) is 13.7. The van der Waals surface area contributed by atoms with Gasteiger partial charge in [-0.15, -0.1) is 0 Å². The molecule has 0 aromatic carbocycles. The smallest absolute Gasteiger partial charge is 0.146 e. The molecule has 102 valence electrons. The number of hydrogen-bond donors (Lipinski definition) is 1. The molecule has 2 unspecified atom stereocenters. The Bertz CT molecular complexity index is 641. The summed E-state index contributed by atoms with van der Waals surface area (Å²) in [7, 11) is 0. The predicted octanol–water partition coefficient (Wildman–Crippen LogP) is 3.30. The minimum absolute atomic E-state index is 0.616.